The number of ether oxygens (including phenoxy) is 1. The molecule has 1 N–H and O–H groups in total. The molecule has 0 spiro atoms. The van der Waals surface area contributed by atoms with Gasteiger partial charge in [-0.1, -0.05) is 24.3 Å². The van der Waals surface area contributed by atoms with Gasteiger partial charge in [0, 0.05) is 13.1 Å². The molecule has 0 aliphatic rings. The molecule has 0 amide bonds. The summed E-state index contributed by atoms with van der Waals surface area (Å²) in [6.45, 7) is 4.12. The van der Waals surface area contributed by atoms with Gasteiger partial charge in [-0.2, -0.15) is 13.2 Å². The highest BCUT2D eigenvalue weighted by molar-refractivity contribution is 5.76. The van der Waals surface area contributed by atoms with E-state index in [4.69, 9.17) is 9.72 Å². The lowest BCUT2D eigenvalue weighted by Crippen LogP contribution is -2.22. The predicted molar refractivity (Wildman–Crippen MR) is 98.7 cm³/mol. The molecule has 2 aromatic carbocycles. The first-order valence-electron chi connectivity index (χ1n) is 8.84. The number of benzene rings is 2. The Balaban J connectivity index is 1.68. The summed E-state index contributed by atoms with van der Waals surface area (Å²) in [5.41, 5.74) is 2.89. The zero-order valence-corrected chi connectivity index (χ0v) is 15.3. The van der Waals surface area contributed by atoms with E-state index < -0.39 is 12.8 Å². The molecule has 0 saturated heterocycles. The summed E-state index contributed by atoms with van der Waals surface area (Å²) in [7, 11) is 0. The molecule has 0 saturated carbocycles. The lowest BCUT2D eigenvalue weighted by atomic mass is 10.2. The first kappa shape index (κ1) is 19.2. The maximum absolute atomic E-state index is 12.3. The van der Waals surface area contributed by atoms with Crippen LogP contribution in [0.3, 0.4) is 0 Å². The van der Waals surface area contributed by atoms with Gasteiger partial charge in [0.25, 0.3) is 0 Å². The van der Waals surface area contributed by atoms with Gasteiger partial charge >= 0.3 is 6.18 Å². The molecule has 0 aliphatic carbocycles. The van der Waals surface area contributed by atoms with E-state index in [1.165, 1.54) is 6.07 Å². The van der Waals surface area contributed by atoms with Crippen LogP contribution in [0.1, 0.15) is 31.3 Å². The van der Waals surface area contributed by atoms with Crippen LogP contribution >= 0.6 is 0 Å². The van der Waals surface area contributed by atoms with Crippen molar-refractivity contribution in [3.63, 3.8) is 0 Å². The normalized spacial score (nSPS) is 13.1. The van der Waals surface area contributed by atoms with Crippen molar-refractivity contribution in [3.05, 3.63) is 59.9 Å². The molecule has 0 radical (unpaired) electrons. The van der Waals surface area contributed by atoms with Crippen molar-refractivity contribution in [1.82, 2.24) is 14.9 Å². The van der Waals surface area contributed by atoms with Gasteiger partial charge in [0.1, 0.15) is 11.6 Å². The van der Waals surface area contributed by atoms with Gasteiger partial charge in [0.2, 0.25) is 0 Å². The monoisotopic (exact) mass is 377 g/mol. The molecule has 0 fully saturated rings. The minimum absolute atomic E-state index is 0.0166. The minimum atomic E-state index is -4.35. The topological polar surface area (TPSA) is 39.1 Å². The molecule has 3 rings (SSSR count). The van der Waals surface area contributed by atoms with Crippen LogP contribution in [0.15, 0.2) is 48.5 Å². The van der Waals surface area contributed by atoms with Crippen molar-refractivity contribution in [2.24, 2.45) is 0 Å². The Hall–Kier alpha value is -2.54. The van der Waals surface area contributed by atoms with E-state index in [0.717, 1.165) is 29.0 Å². The summed E-state index contributed by atoms with van der Waals surface area (Å²) >= 11 is 0. The first-order valence-corrected chi connectivity index (χ1v) is 8.84. The number of imidazole rings is 1. The van der Waals surface area contributed by atoms with Crippen molar-refractivity contribution < 1.29 is 17.9 Å². The molecule has 4 nitrogen and oxygen atoms in total. The highest BCUT2D eigenvalue weighted by atomic mass is 19.4. The first-order chi connectivity index (χ1) is 12.9. The smallest absolute Gasteiger partial charge is 0.422 e. The lowest BCUT2D eigenvalue weighted by molar-refractivity contribution is -0.153. The van der Waals surface area contributed by atoms with E-state index in [0.29, 0.717) is 6.54 Å². The van der Waals surface area contributed by atoms with Gasteiger partial charge in [-0.25, -0.2) is 4.98 Å². The fourth-order valence-electron chi connectivity index (χ4n) is 3.03. The molecule has 144 valence electrons. The van der Waals surface area contributed by atoms with Gasteiger partial charge in [-0.05, 0) is 43.7 Å². The highest BCUT2D eigenvalue weighted by Crippen LogP contribution is 2.22. The Bertz CT molecular complexity index is 905. The summed E-state index contributed by atoms with van der Waals surface area (Å²) in [6.07, 6.45) is -4.35. The number of nitrogens with zero attached hydrogens (tertiary/aromatic N) is 2. The molecule has 0 aliphatic heterocycles. The van der Waals surface area contributed by atoms with Gasteiger partial charge in [0.15, 0.2) is 6.61 Å². The average molecular weight is 377 g/mol. The molecule has 1 aromatic heterocycles. The van der Waals surface area contributed by atoms with Gasteiger partial charge in [-0.15, -0.1) is 0 Å². The second kappa shape index (κ2) is 8.00. The number of aromatic nitrogens is 2. The minimum Gasteiger partial charge on any atom is -0.484 e. The third kappa shape index (κ3) is 4.80. The summed E-state index contributed by atoms with van der Waals surface area (Å²) in [6, 6.07) is 14.6. The van der Waals surface area contributed by atoms with E-state index in [9.17, 15) is 13.2 Å². The number of para-hydroxylation sites is 2. The number of aryl methyl sites for hydroxylation is 1. The van der Waals surface area contributed by atoms with Crippen molar-refractivity contribution in [2.75, 3.05) is 6.61 Å². The third-order valence-electron chi connectivity index (χ3n) is 4.30. The molecular formula is C20H22F3N3O. The Morgan fingerprint density at radius 2 is 1.93 bits per heavy atom. The van der Waals surface area contributed by atoms with Crippen molar-refractivity contribution in [3.8, 4) is 5.75 Å². The molecule has 0 bridgehead atoms. The number of halogens is 3. The second-order valence-corrected chi connectivity index (χ2v) is 6.36. The van der Waals surface area contributed by atoms with Crippen LogP contribution in [0.2, 0.25) is 0 Å². The van der Waals surface area contributed by atoms with Gasteiger partial charge < -0.3 is 14.6 Å². The lowest BCUT2D eigenvalue weighted by Gasteiger charge is -2.16. The standard InChI is InChI=1S/C20H22F3N3O/c1-3-26-18-10-5-4-9-17(18)25-19(26)14(2)24-12-15-7-6-8-16(11-15)27-13-20(21,22)23/h4-11,14,24H,3,12-13H2,1-2H3. The Morgan fingerprint density at radius 1 is 1.15 bits per heavy atom. The number of alkyl halides is 3. The Morgan fingerprint density at radius 3 is 2.67 bits per heavy atom. The van der Waals surface area contributed by atoms with Crippen LogP contribution in [0.25, 0.3) is 11.0 Å². The summed E-state index contributed by atoms with van der Waals surface area (Å²) in [5.74, 6) is 1.14. The van der Waals surface area contributed by atoms with Crippen molar-refractivity contribution >= 4 is 11.0 Å². The zero-order valence-electron chi connectivity index (χ0n) is 15.3. The van der Waals surface area contributed by atoms with E-state index in [1.54, 1.807) is 12.1 Å². The van der Waals surface area contributed by atoms with Crippen LogP contribution < -0.4 is 10.1 Å². The van der Waals surface area contributed by atoms with E-state index >= 15 is 0 Å². The average Bonchev–Trinajstić information content (AvgIpc) is 3.03. The van der Waals surface area contributed by atoms with Crippen LogP contribution in [0, 0.1) is 0 Å². The third-order valence-corrected chi connectivity index (χ3v) is 4.30. The quantitative estimate of drug-likeness (QED) is 0.640. The largest absolute Gasteiger partial charge is 0.484 e. The molecule has 1 unspecified atom stereocenters. The van der Waals surface area contributed by atoms with Crippen LogP contribution in [-0.4, -0.2) is 22.3 Å². The summed E-state index contributed by atoms with van der Waals surface area (Å²) in [5, 5.41) is 3.39. The number of fused-ring (bicyclic) bond motifs is 1. The Kier molecular flexibility index (Phi) is 5.70. The van der Waals surface area contributed by atoms with Crippen molar-refractivity contribution in [1.29, 1.82) is 0 Å². The van der Waals surface area contributed by atoms with Gasteiger partial charge in [0.05, 0.1) is 17.1 Å². The SMILES string of the molecule is CCn1c(C(C)NCc2cccc(OCC(F)(F)F)c2)nc2ccccc21. The number of rotatable bonds is 7. The molecular weight excluding hydrogens is 355 g/mol. The van der Waals surface area contributed by atoms with E-state index in [1.807, 2.05) is 37.3 Å². The maximum Gasteiger partial charge on any atom is 0.422 e. The number of nitrogens with one attached hydrogen (secondary N) is 1. The summed E-state index contributed by atoms with van der Waals surface area (Å²) in [4.78, 5) is 4.72. The van der Waals surface area contributed by atoms with Crippen molar-refractivity contribution in [2.45, 2.75) is 39.2 Å². The van der Waals surface area contributed by atoms with E-state index in [2.05, 4.69) is 16.8 Å². The fraction of sp³-hybridized carbons (Fsp3) is 0.350. The summed E-state index contributed by atoms with van der Waals surface area (Å²) < 4.78 is 43.9. The molecule has 3 aromatic rings. The number of hydrogen-bond acceptors (Lipinski definition) is 3. The fourth-order valence-corrected chi connectivity index (χ4v) is 3.03. The Labute approximate surface area is 156 Å². The van der Waals surface area contributed by atoms with Crippen LogP contribution in [0.5, 0.6) is 5.75 Å². The zero-order chi connectivity index (χ0) is 19.4. The highest BCUT2D eigenvalue weighted by Gasteiger charge is 2.28. The van der Waals surface area contributed by atoms with E-state index in [-0.39, 0.29) is 11.8 Å². The predicted octanol–water partition coefficient (Wildman–Crippen LogP) is 4.85. The molecule has 1 atom stereocenters. The molecule has 1 heterocycles. The number of hydrogen-bond donors (Lipinski definition) is 1. The molecule has 27 heavy (non-hydrogen) atoms. The second-order valence-electron chi connectivity index (χ2n) is 6.36. The van der Waals surface area contributed by atoms with Crippen LogP contribution in [0.4, 0.5) is 13.2 Å². The van der Waals surface area contributed by atoms with Crippen LogP contribution in [-0.2, 0) is 13.1 Å². The molecule has 7 heteroatoms. The maximum atomic E-state index is 12.3. The van der Waals surface area contributed by atoms with Gasteiger partial charge in [-0.3, -0.25) is 0 Å².